The van der Waals surface area contributed by atoms with E-state index >= 15 is 0 Å². The highest BCUT2D eigenvalue weighted by Crippen LogP contribution is 2.29. The highest BCUT2D eigenvalue weighted by atomic mass is 35.5. The minimum Gasteiger partial charge on any atom is -0.491 e. The van der Waals surface area contributed by atoms with Crippen molar-refractivity contribution in [1.29, 1.82) is 0 Å². The molecule has 0 radical (unpaired) electrons. The van der Waals surface area contributed by atoms with Crippen LogP contribution in [0.2, 0.25) is 0 Å². The van der Waals surface area contributed by atoms with Crippen molar-refractivity contribution >= 4 is 32.5 Å². The molecule has 0 saturated heterocycles. The van der Waals surface area contributed by atoms with Crippen LogP contribution in [-0.2, 0) is 10.0 Å². The first-order chi connectivity index (χ1) is 11.9. The first kappa shape index (κ1) is 17.8. The molecule has 0 amide bonds. The van der Waals surface area contributed by atoms with Crippen LogP contribution in [0.5, 0.6) is 5.75 Å². The minimum absolute atomic E-state index is 0.132. The fourth-order valence-corrected chi connectivity index (χ4v) is 3.92. The molecule has 0 aliphatic carbocycles. The Hall–Kier alpha value is -2.02. The fraction of sp³-hybridized carbons (Fsp3) is 0.222. The first-order valence-electron chi connectivity index (χ1n) is 7.73. The molecule has 25 heavy (non-hydrogen) atoms. The largest absolute Gasteiger partial charge is 0.491 e. The van der Waals surface area contributed by atoms with E-state index in [-0.39, 0.29) is 18.1 Å². The Morgan fingerprint density at radius 1 is 1.16 bits per heavy atom. The number of nitrogens with zero attached hydrogens (tertiary/aromatic N) is 1. The van der Waals surface area contributed by atoms with Gasteiger partial charge in [-0.2, -0.15) is 0 Å². The number of benzene rings is 2. The molecule has 1 N–H and O–H groups in total. The third kappa shape index (κ3) is 3.51. The van der Waals surface area contributed by atoms with Crippen LogP contribution in [0.1, 0.15) is 5.56 Å². The van der Waals surface area contributed by atoms with Gasteiger partial charge < -0.3 is 9.84 Å². The van der Waals surface area contributed by atoms with E-state index in [1.807, 2.05) is 6.92 Å². The number of hydrogen-bond acceptors (Lipinski definition) is 4. The molecule has 3 aromatic rings. The van der Waals surface area contributed by atoms with E-state index < -0.39 is 15.4 Å². The molecule has 1 heterocycles. The van der Waals surface area contributed by atoms with Crippen LogP contribution >= 0.6 is 11.6 Å². The summed E-state index contributed by atoms with van der Waals surface area (Å²) in [5.41, 5.74) is 1.51. The molecule has 5 nitrogen and oxygen atoms in total. The van der Waals surface area contributed by atoms with E-state index in [1.54, 1.807) is 48.5 Å². The number of rotatable bonds is 6. The maximum absolute atomic E-state index is 12.9. The second-order valence-corrected chi connectivity index (χ2v) is 8.14. The Kier molecular flexibility index (Phi) is 5.03. The second-order valence-electron chi connectivity index (χ2n) is 5.71. The Balaban J connectivity index is 2.02. The van der Waals surface area contributed by atoms with Crippen LogP contribution in [0.3, 0.4) is 0 Å². The molecule has 1 atom stereocenters. The lowest BCUT2D eigenvalue weighted by molar-refractivity contribution is 0.239. The molecule has 132 valence electrons. The zero-order chi connectivity index (χ0) is 18.0. The van der Waals surface area contributed by atoms with Gasteiger partial charge in [0, 0.05) is 11.6 Å². The van der Waals surface area contributed by atoms with Crippen LogP contribution in [0, 0.1) is 6.92 Å². The number of alkyl halides is 1. The Morgan fingerprint density at radius 2 is 1.88 bits per heavy atom. The molecular weight excluding hydrogens is 362 g/mol. The third-order valence-electron chi connectivity index (χ3n) is 3.85. The number of hydrogen-bond donors (Lipinski definition) is 1. The molecule has 1 unspecified atom stereocenters. The molecule has 0 aliphatic rings. The molecule has 0 spiro atoms. The van der Waals surface area contributed by atoms with Crippen molar-refractivity contribution < 1.29 is 18.3 Å². The van der Waals surface area contributed by atoms with E-state index in [4.69, 9.17) is 21.4 Å². The summed E-state index contributed by atoms with van der Waals surface area (Å²) < 4.78 is 32.7. The SMILES string of the molecule is Cc1ccc(S(=O)(=O)n2ccc3c(OCC(Cl)CO)cccc32)cc1. The number of halogens is 1. The molecule has 1 aromatic heterocycles. The number of ether oxygens (including phenoxy) is 1. The van der Waals surface area contributed by atoms with Gasteiger partial charge in [0.25, 0.3) is 10.0 Å². The van der Waals surface area contributed by atoms with E-state index in [2.05, 4.69) is 0 Å². The van der Waals surface area contributed by atoms with Crippen LogP contribution in [-0.4, -0.2) is 36.1 Å². The summed E-state index contributed by atoms with van der Waals surface area (Å²) in [6, 6.07) is 13.6. The molecule has 7 heteroatoms. The predicted molar refractivity (Wildman–Crippen MR) is 97.9 cm³/mol. The smallest absolute Gasteiger partial charge is 0.268 e. The van der Waals surface area contributed by atoms with Gasteiger partial charge in [-0.1, -0.05) is 23.8 Å². The number of aryl methyl sites for hydroxylation is 1. The van der Waals surface area contributed by atoms with Crippen molar-refractivity contribution in [3.05, 3.63) is 60.3 Å². The number of fused-ring (bicyclic) bond motifs is 1. The van der Waals surface area contributed by atoms with Crippen LogP contribution < -0.4 is 4.74 Å². The van der Waals surface area contributed by atoms with Gasteiger partial charge in [-0.25, -0.2) is 12.4 Å². The van der Waals surface area contributed by atoms with Gasteiger partial charge in [0.1, 0.15) is 12.4 Å². The molecule has 0 bridgehead atoms. The van der Waals surface area contributed by atoms with Crippen LogP contribution in [0.4, 0.5) is 0 Å². The van der Waals surface area contributed by atoms with Crippen molar-refractivity contribution in [2.24, 2.45) is 0 Å². The average molecular weight is 380 g/mol. The van der Waals surface area contributed by atoms with Crippen molar-refractivity contribution in [3.63, 3.8) is 0 Å². The topological polar surface area (TPSA) is 68.5 Å². The lowest BCUT2D eigenvalue weighted by Crippen LogP contribution is -2.15. The minimum atomic E-state index is -3.70. The van der Waals surface area contributed by atoms with Crippen molar-refractivity contribution in [2.45, 2.75) is 17.2 Å². The zero-order valence-electron chi connectivity index (χ0n) is 13.6. The van der Waals surface area contributed by atoms with Crippen LogP contribution in [0.15, 0.2) is 59.6 Å². The summed E-state index contributed by atoms with van der Waals surface area (Å²) in [4.78, 5) is 0.225. The fourth-order valence-electron chi connectivity index (χ4n) is 2.51. The van der Waals surface area contributed by atoms with E-state index in [0.717, 1.165) is 5.56 Å². The maximum Gasteiger partial charge on any atom is 0.268 e. The Labute approximate surface area is 151 Å². The Morgan fingerprint density at radius 3 is 2.56 bits per heavy atom. The molecule has 2 aromatic carbocycles. The highest BCUT2D eigenvalue weighted by molar-refractivity contribution is 7.90. The average Bonchev–Trinajstić information content (AvgIpc) is 3.05. The molecular formula is C18H18ClNO4S. The van der Waals surface area contributed by atoms with Gasteiger partial charge in [-0.15, -0.1) is 11.6 Å². The van der Waals surface area contributed by atoms with Gasteiger partial charge in [-0.3, -0.25) is 0 Å². The lowest BCUT2D eigenvalue weighted by atomic mass is 10.2. The maximum atomic E-state index is 12.9. The summed E-state index contributed by atoms with van der Waals surface area (Å²) in [5.74, 6) is 0.523. The first-order valence-corrected chi connectivity index (χ1v) is 9.61. The number of aliphatic hydroxyl groups is 1. The summed E-state index contributed by atoms with van der Waals surface area (Å²) >= 11 is 5.86. The third-order valence-corrected chi connectivity index (χ3v) is 5.82. The summed E-state index contributed by atoms with van der Waals surface area (Å²) in [6.07, 6.45) is 1.51. The van der Waals surface area contributed by atoms with Crippen molar-refractivity contribution in [2.75, 3.05) is 13.2 Å². The normalized spacial score (nSPS) is 13.1. The van der Waals surface area contributed by atoms with E-state index in [0.29, 0.717) is 16.7 Å². The summed E-state index contributed by atoms with van der Waals surface area (Å²) in [6.45, 7) is 1.84. The predicted octanol–water partition coefficient (Wildman–Crippen LogP) is 3.17. The molecule has 0 saturated carbocycles. The number of aromatic nitrogens is 1. The molecule has 0 aliphatic heterocycles. The Bertz CT molecular complexity index is 980. The standard InChI is InChI=1S/C18H18ClNO4S/c1-13-5-7-15(8-6-13)25(22,23)20-10-9-16-17(20)3-2-4-18(16)24-12-14(19)11-21/h2-10,14,21H,11-12H2,1H3. The lowest BCUT2D eigenvalue weighted by Gasteiger charge is -2.11. The zero-order valence-corrected chi connectivity index (χ0v) is 15.2. The van der Waals surface area contributed by atoms with Gasteiger partial charge >= 0.3 is 0 Å². The summed E-state index contributed by atoms with van der Waals surface area (Å²) in [5, 5.41) is 9.13. The van der Waals surface area contributed by atoms with Gasteiger partial charge in [-0.05, 0) is 37.3 Å². The quantitative estimate of drug-likeness (QED) is 0.668. The monoisotopic (exact) mass is 379 g/mol. The van der Waals surface area contributed by atoms with Crippen molar-refractivity contribution in [3.8, 4) is 5.75 Å². The highest BCUT2D eigenvalue weighted by Gasteiger charge is 2.20. The van der Waals surface area contributed by atoms with Gasteiger partial charge in [0.2, 0.25) is 0 Å². The molecule has 3 rings (SSSR count). The van der Waals surface area contributed by atoms with Gasteiger partial charge in [0.05, 0.1) is 22.4 Å². The van der Waals surface area contributed by atoms with Crippen molar-refractivity contribution in [1.82, 2.24) is 3.97 Å². The van der Waals surface area contributed by atoms with Gasteiger partial charge in [0.15, 0.2) is 0 Å². The summed E-state index contributed by atoms with van der Waals surface area (Å²) in [7, 11) is -3.70. The molecule has 0 fully saturated rings. The van der Waals surface area contributed by atoms with E-state index in [1.165, 1.54) is 10.2 Å². The van der Waals surface area contributed by atoms with Crippen LogP contribution in [0.25, 0.3) is 10.9 Å². The number of aliphatic hydroxyl groups excluding tert-OH is 1. The second kappa shape index (κ2) is 7.07. The van der Waals surface area contributed by atoms with E-state index in [9.17, 15) is 8.42 Å².